The van der Waals surface area contributed by atoms with Crippen LogP contribution in [0.5, 0.6) is 11.5 Å². The number of carbonyl (C=O) groups excluding carboxylic acids is 1. The Kier molecular flexibility index (Phi) is 7.95. The van der Waals surface area contributed by atoms with Gasteiger partial charge in [0.2, 0.25) is 0 Å². The van der Waals surface area contributed by atoms with Gasteiger partial charge in [-0.25, -0.2) is 0 Å². The minimum Gasteiger partial charge on any atom is -0.497 e. The van der Waals surface area contributed by atoms with E-state index in [-0.39, 0.29) is 11.9 Å². The van der Waals surface area contributed by atoms with Gasteiger partial charge in [-0.15, -0.1) is 0 Å². The number of rotatable bonds is 9. The lowest BCUT2D eigenvalue weighted by atomic mass is 10.0. The molecule has 0 radical (unpaired) electrons. The van der Waals surface area contributed by atoms with Crippen LogP contribution in [0, 0.1) is 0 Å². The quantitative estimate of drug-likeness (QED) is 0.537. The number of benzene rings is 3. The van der Waals surface area contributed by atoms with Gasteiger partial charge in [0.1, 0.15) is 18.1 Å². The Bertz CT molecular complexity index is 1020. The summed E-state index contributed by atoms with van der Waals surface area (Å²) in [7, 11) is 1.66. The third-order valence-electron chi connectivity index (χ3n) is 5.79. The van der Waals surface area contributed by atoms with Crippen LogP contribution in [0.25, 0.3) is 0 Å². The second-order valence-electron chi connectivity index (χ2n) is 7.95. The number of ether oxygens (including phenoxy) is 3. The Balaban J connectivity index is 1.41. The predicted molar refractivity (Wildman–Crippen MR) is 128 cm³/mol. The number of carbonyl (C=O) groups is 1. The third-order valence-corrected chi connectivity index (χ3v) is 5.79. The largest absolute Gasteiger partial charge is 0.497 e. The molecule has 1 N–H and O–H groups in total. The van der Waals surface area contributed by atoms with E-state index in [4.69, 9.17) is 14.2 Å². The maximum Gasteiger partial charge on any atom is 0.251 e. The zero-order valence-corrected chi connectivity index (χ0v) is 18.9. The van der Waals surface area contributed by atoms with Gasteiger partial charge in [-0.1, -0.05) is 48.5 Å². The van der Waals surface area contributed by atoms with E-state index in [0.717, 1.165) is 30.0 Å². The van der Waals surface area contributed by atoms with Crippen molar-refractivity contribution >= 4 is 5.91 Å². The van der Waals surface area contributed by atoms with E-state index >= 15 is 0 Å². The summed E-state index contributed by atoms with van der Waals surface area (Å²) in [5.74, 6) is 1.37. The second-order valence-corrected chi connectivity index (χ2v) is 7.95. The predicted octanol–water partition coefficient (Wildman–Crippen LogP) is 4.08. The lowest BCUT2D eigenvalue weighted by molar-refractivity contribution is 0.0162. The first-order valence-corrected chi connectivity index (χ1v) is 11.2. The van der Waals surface area contributed by atoms with Gasteiger partial charge in [-0.3, -0.25) is 9.69 Å². The highest BCUT2D eigenvalue weighted by Crippen LogP contribution is 2.24. The normalized spacial score (nSPS) is 14.9. The van der Waals surface area contributed by atoms with E-state index in [0.29, 0.717) is 37.7 Å². The first-order valence-electron chi connectivity index (χ1n) is 11.2. The minimum atomic E-state index is -0.119. The Morgan fingerprint density at radius 3 is 2.45 bits per heavy atom. The average molecular weight is 447 g/mol. The molecule has 1 fully saturated rings. The molecule has 1 saturated heterocycles. The number of amides is 1. The Morgan fingerprint density at radius 1 is 0.970 bits per heavy atom. The topological polar surface area (TPSA) is 60.0 Å². The van der Waals surface area contributed by atoms with Gasteiger partial charge in [-0.05, 0) is 41.5 Å². The van der Waals surface area contributed by atoms with Gasteiger partial charge in [0.05, 0.1) is 26.4 Å². The molecule has 1 aliphatic heterocycles. The molecule has 1 atom stereocenters. The van der Waals surface area contributed by atoms with Crippen molar-refractivity contribution in [3.05, 3.63) is 95.6 Å². The van der Waals surface area contributed by atoms with Crippen molar-refractivity contribution in [1.82, 2.24) is 10.2 Å². The summed E-state index contributed by atoms with van der Waals surface area (Å²) in [5.41, 5.74) is 2.80. The Morgan fingerprint density at radius 2 is 1.73 bits per heavy atom. The van der Waals surface area contributed by atoms with E-state index in [1.54, 1.807) is 13.2 Å². The third kappa shape index (κ3) is 6.34. The first kappa shape index (κ1) is 22.8. The van der Waals surface area contributed by atoms with E-state index in [1.807, 2.05) is 60.7 Å². The molecular formula is C27H30N2O4. The highest BCUT2D eigenvalue weighted by atomic mass is 16.5. The van der Waals surface area contributed by atoms with Gasteiger partial charge in [0.15, 0.2) is 0 Å². The maximum atomic E-state index is 13.0. The summed E-state index contributed by atoms with van der Waals surface area (Å²) in [5, 5.41) is 3.12. The van der Waals surface area contributed by atoms with Crippen LogP contribution in [0.4, 0.5) is 0 Å². The molecule has 0 unspecified atom stereocenters. The van der Waals surface area contributed by atoms with Gasteiger partial charge in [0, 0.05) is 25.2 Å². The van der Waals surface area contributed by atoms with Crippen LogP contribution in [0.3, 0.4) is 0 Å². The van der Waals surface area contributed by atoms with Crippen molar-refractivity contribution in [2.45, 2.75) is 12.6 Å². The number of morpholine rings is 1. The fourth-order valence-electron chi connectivity index (χ4n) is 3.93. The fourth-order valence-corrected chi connectivity index (χ4v) is 3.93. The van der Waals surface area contributed by atoms with Crippen LogP contribution in [0.15, 0.2) is 78.9 Å². The summed E-state index contributed by atoms with van der Waals surface area (Å²) in [6, 6.07) is 25.4. The molecular weight excluding hydrogens is 416 g/mol. The monoisotopic (exact) mass is 446 g/mol. The van der Waals surface area contributed by atoms with Gasteiger partial charge in [0.25, 0.3) is 5.91 Å². The highest BCUT2D eigenvalue weighted by molar-refractivity contribution is 5.94. The summed E-state index contributed by atoms with van der Waals surface area (Å²) >= 11 is 0. The zero-order chi connectivity index (χ0) is 22.9. The molecule has 0 spiro atoms. The molecule has 0 saturated carbocycles. The van der Waals surface area contributed by atoms with Crippen molar-refractivity contribution in [1.29, 1.82) is 0 Å². The van der Waals surface area contributed by atoms with Gasteiger partial charge < -0.3 is 19.5 Å². The standard InChI is InChI=1S/C27H30N2O4/c1-31-24-12-10-22(11-13-24)26(29-14-16-32-17-15-29)19-28-27(30)23-8-5-9-25(18-23)33-20-21-6-3-2-4-7-21/h2-13,18,26H,14-17,19-20H2,1H3,(H,28,30)/t26-/m0/s1. The average Bonchev–Trinajstić information content (AvgIpc) is 2.89. The molecule has 6 heteroatoms. The van der Waals surface area contributed by atoms with Crippen LogP contribution in [0.2, 0.25) is 0 Å². The van der Waals surface area contributed by atoms with Crippen molar-refractivity contribution in [3.8, 4) is 11.5 Å². The molecule has 3 aromatic rings. The molecule has 3 aromatic carbocycles. The molecule has 1 heterocycles. The fraction of sp³-hybridized carbons (Fsp3) is 0.296. The van der Waals surface area contributed by atoms with Crippen LogP contribution < -0.4 is 14.8 Å². The second kappa shape index (κ2) is 11.5. The first-order chi connectivity index (χ1) is 16.2. The lowest BCUT2D eigenvalue weighted by Gasteiger charge is -2.35. The van der Waals surface area contributed by atoms with E-state index in [1.165, 1.54) is 0 Å². The highest BCUT2D eigenvalue weighted by Gasteiger charge is 2.23. The van der Waals surface area contributed by atoms with Crippen LogP contribution in [-0.4, -0.2) is 50.8 Å². The van der Waals surface area contributed by atoms with E-state index in [2.05, 4.69) is 22.3 Å². The van der Waals surface area contributed by atoms with Crippen molar-refractivity contribution < 1.29 is 19.0 Å². The lowest BCUT2D eigenvalue weighted by Crippen LogP contribution is -2.43. The van der Waals surface area contributed by atoms with Crippen LogP contribution in [0.1, 0.15) is 27.5 Å². The molecule has 1 aliphatic rings. The minimum absolute atomic E-state index is 0.0567. The van der Waals surface area contributed by atoms with E-state index < -0.39 is 0 Å². The van der Waals surface area contributed by atoms with Gasteiger partial charge >= 0.3 is 0 Å². The molecule has 0 aromatic heterocycles. The van der Waals surface area contributed by atoms with Gasteiger partial charge in [-0.2, -0.15) is 0 Å². The molecule has 33 heavy (non-hydrogen) atoms. The van der Waals surface area contributed by atoms with Crippen molar-refractivity contribution in [3.63, 3.8) is 0 Å². The molecule has 172 valence electrons. The molecule has 6 nitrogen and oxygen atoms in total. The summed E-state index contributed by atoms with van der Waals surface area (Å²) in [6.45, 7) is 4.01. The van der Waals surface area contributed by atoms with E-state index in [9.17, 15) is 4.79 Å². The number of hydrogen-bond acceptors (Lipinski definition) is 5. The van der Waals surface area contributed by atoms with Crippen LogP contribution >= 0.6 is 0 Å². The number of nitrogens with zero attached hydrogens (tertiary/aromatic N) is 1. The molecule has 0 bridgehead atoms. The SMILES string of the molecule is COc1ccc([C@H](CNC(=O)c2cccc(OCc3ccccc3)c2)N2CCOCC2)cc1. The van der Waals surface area contributed by atoms with Crippen molar-refractivity contribution in [2.75, 3.05) is 40.0 Å². The zero-order valence-electron chi connectivity index (χ0n) is 18.9. The summed E-state index contributed by atoms with van der Waals surface area (Å²) < 4.78 is 16.7. The Hall–Kier alpha value is -3.35. The summed E-state index contributed by atoms with van der Waals surface area (Å²) in [4.78, 5) is 15.3. The number of nitrogens with one attached hydrogen (secondary N) is 1. The van der Waals surface area contributed by atoms with Crippen LogP contribution in [-0.2, 0) is 11.3 Å². The molecule has 1 amide bonds. The Labute approximate surface area is 195 Å². The molecule has 4 rings (SSSR count). The maximum absolute atomic E-state index is 13.0. The number of hydrogen-bond donors (Lipinski definition) is 1. The van der Waals surface area contributed by atoms with Crippen molar-refractivity contribution in [2.24, 2.45) is 0 Å². The molecule has 0 aliphatic carbocycles. The summed E-state index contributed by atoms with van der Waals surface area (Å²) in [6.07, 6.45) is 0. The number of methoxy groups -OCH3 is 1. The smallest absolute Gasteiger partial charge is 0.251 e.